The van der Waals surface area contributed by atoms with Gasteiger partial charge in [0.15, 0.2) is 6.29 Å². The monoisotopic (exact) mass is 931 g/mol. The van der Waals surface area contributed by atoms with Crippen LogP contribution in [0.15, 0.2) is 60.8 Å². The third-order valence-corrected chi connectivity index (χ3v) is 12.4. The molecule has 0 aromatic heterocycles. The fourth-order valence-corrected chi connectivity index (χ4v) is 8.12. The van der Waals surface area contributed by atoms with Crippen LogP contribution in [0.25, 0.3) is 0 Å². The number of allylic oxidation sites excluding steroid dienone is 10. The molecule has 0 aromatic carbocycles. The van der Waals surface area contributed by atoms with Gasteiger partial charge >= 0.3 is 5.97 Å². The summed E-state index contributed by atoms with van der Waals surface area (Å²) >= 11 is 0. The lowest BCUT2D eigenvalue weighted by molar-refractivity contribution is -0.305. The molecule has 0 aliphatic carbocycles. The van der Waals surface area contributed by atoms with Crippen LogP contribution in [0.3, 0.4) is 0 Å². The molecule has 1 aliphatic rings. The molecule has 4 N–H and O–H groups in total. The standard InChI is InChI=1S/C57H102O9/c1-3-5-7-9-11-13-15-17-19-21-23-25-26-27-28-30-32-34-36-38-40-42-44-46-53(59)65-51(50-64-57-56(62)55(61)54(60)52(48-58)66-57)49-63-47-45-43-41-39-37-35-33-31-29-24-22-20-18-16-14-12-10-8-6-4-2/h12,14-15,17-18,20-21,23-24,29,51-52,54-58,60-62H,3-11,13,16,19,22,25-28,30-50H2,1-2H3/b14-12-,17-15-,20-18-,23-21-,29-24-. The van der Waals surface area contributed by atoms with Crippen molar-refractivity contribution in [1.82, 2.24) is 0 Å². The second-order valence-electron chi connectivity index (χ2n) is 18.7. The van der Waals surface area contributed by atoms with Gasteiger partial charge < -0.3 is 39.4 Å². The highest BCUT2D eigenvalue weighted by Crippen LogP contribution is 2.23. The molecule has 6 atom stereocenters. The summed E-state index contributed by atoms with van der Waals surface area (Å²) in [7, 11) is 0. The number of rotatable bonds is 47. The lowest BCUT2D eigenvalue weighted by atomic mass is 9.99. The maximum absolute atomic E-state index is 12.9. The Morgan fingerprint density at radius 2 is 0.879 bits per heavy atom. The van der Waals surface area contributed by atoms with E-state index >= 15 is 0 Å². The largest absolute Gasteiger partial charge is 0.457 e. The van der Waals surface area contributed by atoms with Crippen molar-refractivity contribution in [3.8, 4) is 0 Å². The second-order valence-corrected chi connectivity index (χ2v) is 18.7. The SMILES string of the molecule is CCCCC/C=C\C/C=C\C/C=C\CCCCCCCCCOCC(COC1OC(CO)C(O)C(O)C1O)OC(=O)CCCCCCCCCCCCC/C=C\C/C=C\CCCCCCC. The first kappa shape index (κ1) is 61.9. The summed E-state index contributed by atoms with van der Waals surface area (Å²) in [4.78, 5) is 12.9. The Kier molecular flexibility index (Phi) is 45.0. The van der Waals surface area contributed by atoms with E-state index in [2.05, 4.69) is 74.6 Å². The smallest absolute Gasteiger partial charge is 0.306 e. The van der Waals surface area contributed by atoms with E-state index < -0.39 is 43.4 Å². The molecule has 0 saturated carbocycles. The van der Waals surface area contributed by atoms with E-state index in [1.54, 1.807) is 0 Å². The van der Waals surface area contributed by atoms with Crippen molar-refractivity contribution < 1.29 is 44.2 Å². The Morgan fingerprint density at radius 3 is 1.35 bits per heavy atom. The zero-order valence-corrected chi connectivity index (χ0v) is 42.4. The molecule has 0 amide bonds. The summed E-state index contributed by atoms with van der Waals surface area (Å²) in [5.74, 6) is -0.319. The molecular weight excluding hydrogens is 829 g/mol. The third kappa shape index (κ3) is 37.8. The van der Waals surface area contributed by atoms with Gasteiger partial charge in [-0.25, -0.2) is 0 Å². The minimum absolute atomic E-state index is 0.120. The Balaban J connectivity index is 2.19. The van der Waals surface area contributed by atoms with Crippen molar-refractivity contribution in [1.29, 1.82) is 0 Å². The van der Waals surface area contributed by atoms with E-state index in [4.69, 9.17) is 18.9 Å². The highest BCUT2D eigenvalue weighted by molar-refractivity contribution is 5.69. The Hall–Kier alpha value is -2.11. The number of esters is 1. The van der Waals surface area contributed by atoms with Crippen LogP contribution in [0.4, 0.5) is 0 Å². The van der Waals surface area contributed by atoms with Crippen LogP contribution >= 0.6 is 0 Å². The van der Waals surface area contributed by atoms with Gasteiger partial charge in [-0.1, -0.05) is 203 Å². The molecule has 6 unspecified atom stereocenters. The van der Waals surface area contributed by atoms with Gasteiger partial charge in [0.1, 0.15) is 30.5 Å². The molecule has 9 nitrogen and oxygen atoms in total. The van der Waals surface area contributed by atoms with Crippen LogP contribution in [0.5, 0.6) is 0 Å². The molecule has 1 aliphatic heterocycles. The maximum atomic E-state index is 12.9. The van der Waals surface area contributed by atoms with Gasteiger partial charge in [0.2, 0.25) is 0 Å². The number of aliphatic hydroxyl groups excluding tert-OH is 4. The molecule has 0 bridgehead atoms. The number of carbonyl (C=O) groups is 1. The molecule has 1 heterocycles. The summed E-state index contributed by atoms with van der Waals surface area (Å²) in [6.45, 7) is 4.52. The van der Waals surface area contributed by atoms with E-state index in [9.17, 15) is 25.2 Å². The van der Waals surface area contributed by atoms with Crippen LogP contribution in [0.1, 0.15) is 232 Å². The lowest BCUT2D eigenvalue weighted by Gasteiger charge is -2.39. The van der Waals surface area contributed by atoms with Gasteiger partial charge in [-0.05, 0) is 83.5 Å². The van der Waals surface area contributed by atoms with Crippen LogP contribution in [0.2, 0.25) is 0 Å². The molecule has 0 spiro atoms. The number of carbonyl (C=O) groups excluding carboxylic acids is 1. The van der Waals surface area contributed by atoms with Gasteiger partial charge in [0, 0.05) is 13.0 Å². The Bertz CT molecular complexity index is 1200. The Labute approximate surface area is 405 Å². The Morgan fingerprint density at radius 1 is 0.485 bits per heavy atom. The first-order valence-electron chi connectivity index (χ1n) is 27.4. The van der Waals surface area contributed by atoms with Crippen molar-refractivity contribution in [3.63, 3.8) is 0 Å². The number of ether oxygens (including phenoxy) is 4. The quantitative estimate of drug-likeness (QED) is 0.0267. The molecule has 66 heavy (non-hydrogen) atoms. The minimum Gasteiger partial charge on any atom is -0.457 e. The van der Waals surface area contributed by atoms with Crippen molar-refractivity contribution in [3.05, 3.63) is 60.8 Å². The van der Waals surface area contributed by atoms with E-state index in [0.29, 0.717) is 13.0 Å². The number of hydrogen-bond acceptors (Lipinski definition) is 9. The van der Waals surface area contributed by atoms with Gasteiger partial charge in [0.05, 0.1) is 19.8 Å². The van der Waals surface area contributed by atoms with E-state index in [1.807, 2.05) is 0 Å². The van der Waals surface area contributed by atoms with Crippen molar-refractivity contribution in [2.75, 3.05) is 26.4 Å². The molecule has 1 saturated heterocycles. The third-order valence-electron chi connectivity index (χ3n) is 12.4. The first-order valence-corrected chi connectivity index (χ1v) is 27.4. The van der Waals surface area contributed by atoms with E-state index in [-0.39, 0.29) is 19.2 Å². The molecule has 1 fully saturated rings. The summed E-state index contributed by atoms with van der Waals surface area (Å²) in [5.41, 5.74) is 0. The highest BCUT2D eigenvalue weighted by Gasteiger charge is 2.44. The van der Waals surface area contributed by atoms with Crippen molar-refractivity contribution in [2.24, 2.45) is 0 Å². The van der Waals surface area contributed by atoms with Crippen molar-refractivity contribution >= 4 is 5.97 Å². The molecule has 9 heteroatoms. The topological polar surface area (TPSA) is 135 Å². The van der Waals surface area contributed by atoms with Gasteiger partial charge in [-0.2, -0.15) is 0 Å². The number of unbranched alkanes of at least 4 members (excludes halogenated alkanes) is 26. The summed E-state index contributed by atoms with van der Waals surface area (Å²) < 4.78 is 22.9. The van der Waals surface area contributed by atoms with E-state index in [0.717, 1.165) is 64.2 Å². The second kappa shape index (κ2) is 47.9. The van der Waals surface area contributed by atoms with Gasteiger partial charge in [-0.15, -0.1) is 0 Å². The van der Waals surface area contributed by atoms with Crippen LogP contribution in [0, 0.1) is 0 Å². The predicted molar refractivity (Wildman–Crippen MR) is 274 cm³/mol. The average Bonchev–Trinajstić information content (AvgIpc) is 3.32. The van der Waals surface area contributed by atoms with Crippen molar-refractivity contribution in [2.45, 2.75) is 269 Å². The van der Waals surface area contributed by atoms with Crippen LogP contribution in [-0.2, 0) is 23.7 Å². The lowest BCUT2D eigenvalue weighted by Crippen LogP contribution is -2.59. The zero-order valence-electron chi connectivity index (χ0n) is 42.4. The maximum Gasteiger partial charge on any atom is 0.306 e. The fourth-order valence-electron chi connectivity index (χ4n) is 8.12. The van der Waals surface area contributed by atoms with Gasteiger partial charge in [0.25, 0.3) is 0 Å². The molecule has 0 radical (unpaired) electrons. The molecule has 1 rings (SSSR count). The summed E-state index contributed by atoms with van der Waals surface area (Å²) in [6, 6.07) is 0. The first-order chi connectivity index (χ1) is 32.4. The van der Waals surface area contributed by atoms with E-state index in [1.165, 1.54) is 148 Å². The normalized spacial score (nSPS) is 19.8. The zero-order chi connectivity index (χ0) is 47.8. The fraction of sp³-hybridized carbons (Fsp3) is 0.807. The summed E-state index contributed by atoms with van der Waals surface area (Å²) in [5, 5.41) is 40.3. The van der Waals surface area contributed by atoms with Gasteiger partial charge in [-0.3, -0.25) is 4.79 Å². The summed E-state index contributed by atoms with van der Waals surface area (Å²) in [6.07, 6.45) is 55.4. The predicted octanol–water partition coefficient (Wildman–Crippen LogP) is 13.8. The molecule has 384 valence electrons. The number of hydrogen-bond donors (Lipinski definition) is 4. The van der Waals surface area contributed by atoms with Crippen LogP contribution < -0.4 is 0 Å². The van der Waals surface area contributed by atoms with Crippen LogP contribution in [-0.4, -0.2) is 89.6 Å². The highest BCUT2D eigenvalue weighted by atomic mass is 16.7. The molecular formula is C57H102O9. The minimum atomic E-state index is -1.54. The molecule has 0 aromatic rings. The number of aliphatic hydroxyl groups is 4. The average molecular weight is 931 g/mol.